The van der Waals surface area contributed by atoms with Crippen molar-refractivity contribution >= 4 is 0 Å². The molecule has 0 saturated carbocycles. The van der Waals surface area contributed by atoms with Crippen molar-refractivity contribution in [1.29, 1.82) is 0 Å². The standard InChI is InChI=1S/C7H15NO.2C2H6/c1-6(2)4-7(5-9)8-3;2*1-2/h7-9H,1,4-5H2,2-3H3;2*1-2H3. The van der Waals surface area contributed by atoms with Crippen LogP contribution in [0.2, 0.25) is 0 Å². The molecule has 0 aliphatic rings. The predicted octanol–water partition coefficient (Wildman–Crippen LogP) is 2.59. The molecule has 0 amide bonds. The average Bonchev–Trinajstić information content (AvgIpc) is 2.20. The summed E-state index contributed by atoms with van der Waals surface area (Å²) < 4.78 is 0. The highest BCUT2D eigenvalue weighted by atomic mass is 16.3. The van der Waals surface area contributed by atoms with Crippen LogP contribution in [0.4, 0.5) is 0 Å². The van der Waals surface area contributed by atoms with Crippen LogP contribution in [-0.4, -0.2) is 24.8 Å². The number of aliphatic hydroxyl groups is 1. The minimum atomic E-state index is 0.183. The molecule has 82 valence electrons. The zero-order valence-corrected chi connectivity index (χ0v) is 10.1. The molecule has 1 atom stereocenters. The van der Waals surface area contributed by atoms with Crippen LogP contribution in [0.3, 0.4) is 0 Å². The van der Waals surface area contributed by atoms with Gasteiger partial charge in [0.15, 0.2) is 0 Å². The lowest BCUT2D eigenvalue weighted by Gasteiger charge is -2.11. The number of aliphatic hydroxyl groups excluding tert-OH is 1. The van der Waals surface area contributed by atoms with Crippen molar-refractivity contribution in [3.05, 3.63) is 12.2 Å². The molecule has 0 aliphatic carbocycles. The van der Waals surface area contributed by atoms with E-state index in [4.69, 9.17) is 5.11 Å². The average molecular weight is 189 g/mol. The molecule has 0 aromatic rings. The van der Waals surface area contributed by atoms with Crippen LogP contribution in [0.25, 0.3) is 0 Å². The van der Waals surface area contributed by atoms with Crippen molar-refractivity contribution in [1.82, 2.24) is 5.32 Å². The first-order valence-corrected chi connectivity index (χ1v) is 5.13. The lowest BCUT2D eigenvalue weighted by atomic mass is 10.1. The third-order valence-electron chi connectivity index (χ3n) is 1.22. The fourth-order valence-corrected chi connectivity index (χ4v) is 0.679. The highest BCUT2D eigenvalue weighted by Crippen LogP contribution is 1.99. The molecule has 0 heterocycles. The van der Waals surface area contributed by atoms with Gasteiger partial charge >= 0.3 is 0 Å². The topological polar surface area (TPSA) is 32.3 Å². The maximum absolute atomic E-state index is 8.67. The molecule has 2 heteroatoms. The fourth-order valence-electron chi connectivity index (χ4n) is 0.679. The van der Waals surface area contributed by atoms with Gasteiger partial charge in [0, 0.05) is 6.04 Å². The molecule has 0 aromatic heterocycles. The number of hydrogen-bond donors (Lipinski definition) is 2. The zero-order chi connectivity index (χ0) is 11.3. The van der Waals surface area contributed by atoms with Gasteiger partial charge in [0.1, 0.15) is 0 Å². The summed E-state index contributed by atoms with van der Waals surface area (Å²) >= 11 is 0. The predicted molar refractivity (Wildman–Crippen MR) is 62.1 cm³/mol. The maximum atomic E-state index is 8.67. The highest BCUT2D eigenvalue weighted by Gasteiger charge is 2.01. The minimum Gasteiger partial charge on any atom is -0.395 e. The molecule has 0 fully saturated rings. The van der Waals surface area contributed by atoms with E-state index in [1.54, 1.807) is 0 Å². The van der Waals surface area contributed by atoms with Crippen LogP contribution in [-0.2, 0) is 0 Å². The van der Waals surface area contributed by atoms with Crippen LogP contribution in [0, 0.1) is 0 Å². The summed E-state index contributed by atoms with van der Waals surface area (Å²) in [4.78, 5) is 0. The first-order chi connectivity index (χ1) is 6.20. The summed E-state index contributed by atoms with van der Waals surface area (Å²) in [6, 6.07) is 0.183. The smallest absolute Gasteiger partial charge is 0.0587 e. The summed E-state index contributed by atoms with van der Waals surface area (Å²) in [7, 11) is 1.84. The Morgan fingerprint density at radius 3 is 1.77 bits per heavy atom. The Morgan fingerprint density at radius 1 is 1.31 bits per heavy atom. The minimum absolute atomic E-state index is 0.183. The summed E-state index contributed by atoms with van der Waals surface area (Å²) in [6.07, 6.45) is 0.854. The van der Waals surface area contributed by atoms with Crippen molar-refractivity contribution in [3.63, 3.8) is 0 Å². The van der Waals surface area contributed by atoms with Crippen molar-refractivity contribution in [2.24, 2.45) is 0 Å². The van der Waals surface area contributed by atoms with E-state index in [0.717, 1.165) is 12.0 Å². The van der Waals surface area contributed by atoms with Gasteiger partial charge < -0.3 is 10.4 Å². The number of likely N-dealkylation sites (N-methyl/N-ethyl adjacent to an activating group) is 1. The van der Waals surface area contributed by atoms with Gasteiger partial charge in [-0.1, -0.05) is 33.3 Å². The monoisotopic (exact) mass is 189 g/mol. The first kappa shape index (κ1) is 18.4. The molecule has 2 N–H and O–H groups in total. The van der Waals surface area contributed by atoms with E-state index < -0.39 is 0 Å². The molecule has 13 heavy (non-hydrogen) atoms. The zero-order valence-electron chi connectivity index (χ0n) is 10.1. The van der Waals surface area contributed by atoms with Crippen LogP contribution in [0.1, 0.15) is 41.0 Å². The Labute approximate surface area is 84.1 Å². The second kappa shape index (κ2) is 17.7. The van der Waals surface area contributed by atoms with Crippen molar-refractivity contribution in [2.75, 3.05) is 13.7 Å². The lowest BCUT2D eigenvalue weighted by molar-refractivity contribution is 0.248. The van der Waals surface area contributed by atoms with Crippen molar-refractivity contribution in [3.8, 4) is 0 Å². The van der Waals surface area contributed by atoms with E-state index in [2.05, 4.69) is 11.9 Å². The van der Waals surface area contributed by atoms with Crippen LogP contribution >= 0.6 is 0 Å². The van der Waals surface area contributed by atoms with Gasteiger partial charge in [-0.05, 0) is 20.4 Å². The van der Waals surface area contributed by atoms with Gasteiger partial charge in [-0.25, -0.2) is 0 Å². The Hall–Kier alpha value is -0.340. The molecule has 1 unspecified atom stereocenters. The molecule has 0 spiro atoms. The molecule has 0 bridgehead atoms. The normalized spacial score (nSPS) is 10.1. The van der Waals surface area contributed by atoms with E-state index in [-0.39, 0.29) is 12.6 Å². The summed E-state index contributed by atoms with van der Waals surface area (Å²) in [5.41, 5.74) is 1.10. The van der Waals surface area contributed by atoms with Crippen molar-refractivity contribution in [2.45, 2.75) is 47.1 Å². The van der Waals surface area contributed by atoms with Gasteiger partial charge in [-0.2, -0.15) is 0 Å². The summed E-state index contributed by atoms with van der Waals surface area (Å²) in [5, 5.41) is 11.6. The van der Waals surface area contributed by atoms with E-state index in [9.17, 15) is 0 Å². The van der Waals surface area contributed by atoms with E-state index in [0.29, 0.717) is 0 Å². The summed E-state index contributed by atoms with van der Waals surface area (Å²) in [5.74, 6) is 0. The Kier molecular flexibility index (Phi) is 25.1. The molecule has 0 saturated heterocycles. The fraction of sp³-hybridized carbons (Fsp3) is 0.818. The van der Waals surface area contributed by atoms with Gasteiger partial charge in [0.05, 0.1) is 6.61 Å². The number of hydrogen-bond acceptors (Lipinski definition) is 2. The van der Waals surface area contributed by atoms with E-state index in [1.807, 2.05) is 41.7 Å². The SMILES string of the molecule is C=C(C)CC(CO)NC.CC.CC. The second-order valence-corrected chi connectivity index (χ2v) is 2.33. The Morgan fingerprint density at radius 2 is 1.69 bits per heavy atom. The maximum Gasteiger partial charge on any atom is 0.0587 e. The van der Waals surface area contributed by atoms with Gasteiger partial charge in [-0.3, -0.25) is 0 Å². The molecular weight excluding hydrogens is 162 g/mol. The van der Waals surface area contributed by atoms with Crippen LogP contribution in [0.5, 0.6) is 0 Å². The van der Waals surface area contributed by atoms with Crippen LogP contribution < -0.4 is 5.32 Å². The first-order valence-electron chi connectivity index (χ1n) is 5.13. The molecule has 0 radical (unpaired) electrons. The highest BCUT2D eigenvalue weighted by molar-refractivity contribution is 4.92. The molecular formula is C11H27NO. The summed E-state index contributed by atoms with van der Waals surface area (Å²) in [6.45, 7) is 13.9. The lowest BCUT2D eigenvalue weighted by Crippen LogP contribution is -2.28. The molecule has 2 nitrogen and oxygen atoms in total. The Bertz CT molecular complexity index is 88.1. The number of rotatable bonds is 4. The van der Waals surface area contributed by atoms with E-state index >= 15 is 0 Å². The molecule has 0 aliphatic heterocycles. The third-order valence-corrected chi connectivity index (χ3v) is 1.22. The van der Waals surface area contributed by atoms with Gasteiger partial charge in [0.25, 0.3) is 0 Å². The van der Waals surface area contributed by atoms with E-state index in [1.165, 1.54) is 0 Å². The second-order valence-electron chi connectivity index (χ2n) is 2.33. The quantitative estimate of drug-likeness (QED) is 0.666. The third kappa shape index (κ3) is 18.5. The van der Waals surface area contributed by atoms with Gasteiger partial charge in [-0.15, -0.1) is 6.58 Å². The van der Waals surface area contributed by atoms with Crippen molar-refractivity contribution < 1.29 is 5.11 Å². The molecule has 0 aromatic carbocycles. The number of nitrogens with one attached hydrogen (secondary N) is 1. The molecule has 0 rings (SSSR count). The largest absolute Gasteiger partial charge is 0.395 e. The van der Waals surface area contributed by atoms with Gasteiger partial charge in [0.2, 0.25) is 0 Å². The van der Waals surface area contributed by atoms with Crippen LogP contribution in [0.15, 0.2) is 12.2 Å². The Balaban J connectivity index is -0.000000218.